The van der Waals surface area contributed by atoms with Crippen LogP contribution >= 0.6 is 15.9 Å². The van der Waals surface area contributed by atoms with Gasteiger partial charge in [-0.05, 0) is 66.1 Å². The summed E-state index contributed by atoms with van der Waals surface area (Å²) in [7, 11) is 1.57. The van der Waals surface area contributed by atoms with Gasteiger partial charge in [-0.2, -0.15) is 0 Å². The van der Waals surface area contributed by atoms with Gasteiger partial charge in [0.25, 0.3) is 0 Å². The molecule has 0 aliphatic heterocycles. The molecule has 0 aliphatic rings. The van der Waals surface area contributed by atoms with Gasteiger partial charge in [0.15, 0.2) is 11.5 Å². The van der Waals surface area contributed by atoms with Gasteiger partial charge in [-0.15, -0.1) is 0 Å². The van der Waals surface area contributed by atoms with E-state index in [0.29, 0.717) is 18.0 Å². The molecule has 30 heavy (non-hydrogen) atoms. The predicted octanol–water partition coefficient (Wildman–Crippen LogP) is 5.79. The number of benzene rings is 3. The average molecular weight is 474 g/mol. The van der Waals surface area contributed by atoms with Gasteiger partial charge in [-0.1, -0.05) is 28.1 Å². The van der Waals surface area contributed by atoms with Crippen LogP contribution in [0.25, 0.3) is 0 Å². The number of carboxylic acid groups (broad SMARTS) is 1. The van der Waals surface area contributed by atoms with E-state index in [-0.39, 0.29) is 18.0 Å². The summed E-state index contributed by atoms with van der Waals surface area (Å²) in [4.78, 5) is 11.1. The van der Waals surface area contributed by atoms with Gasteiger partial charge in [-0.3, -0.25) is 0 Å². The quantitative estimate of drug-likeness (QED) is 0.432. The number of carbonyl (C=O) groups is 1. The Balaban J connectivity index is 1.72. The van der Waals surface area contributed by atoms with Crippen molar-refractivity contribution >= 4 is 27.6 Å². The predicted molar refractivity (Wildman–Crippen MR) is 117 cm³/mol. The first-order chi connectivity index (χ1) is 14.4. The number of hydrogen-bond acceptors (Lipinski definition) is 4. The van der Waals surface area contributed by atoms with Crippen molar-refractivity contribution in [2.24, 2.45) is 0 Å². The smallest absolute Gasteiger partial charge is 0.335 e. The summed E-state index contributed by atoms with van der Waals surface area (Å²) in [5, 5.41) is 12.4. The van der Waals surface area contributed by atoms with Crippen molar-refractivity contribution in [2.75, 3.05) is 12.4 Å². The van der Waals surface area contributed by atoms with Gasteiger partial charge in [0.05, 0.1) is 12.7 Å². The Labute approximate surface area is 182 Å². The number of anilines is 1. The zero-order valence-corrected chi connectivity index (χ0v) is 18.1. The molecule has 0 aromatic heterocycles. The maximum Gasteiger partial charge on any atom is 0.335 e. The second kappa shape index (κ2) is 9.63. The normalized spacial score (nSPS) is 10.5. The molecular weight excluding hydrogens is 453 g/mol. The van der Waals surface area contributed by atoms with Gasteiger partial charge in [0, 0.05) is 16.7 Å². The lowest BCUT2D eigenvalue weighted by molar-refractivity contribution is 0.0697. The number of aryl methyl sites for hydroxylation is 1. The summed E-state index contributed by atoms with van der Waals surface area (Å²) >= 11 is 3.57. The molecule has 156 valence electrons. The molecule has 2 N–H and O–H groups in total. The number of methoxy groups -OCH3 is 1. The highest BCUT2D eigenvalue weighted by Crippen LogP contribution is 2.34. The van der Waals surface area contributed by atoms with Gasteiger partial charge in [0.1, 0.15) is 12.4 Å². The highest BCUT2D eigenvalue weighted by atomic mass is 79.9. The van der Waals surface area contributed by atoms with Crippen LogP contribution in [0.5, 0.6) is 11.5 Å². The minimum atomic E-state index is -0.951. The molecule has 0 bridgehead atoms. The minimum absolute atomic E-state index is 0.253. The van der Waals surface area contributed by atoms with Crippen LogP contribution in [0.2, 0.25) is 0 Å². The van der Waals surface area contributed by atoms with E-state index in [4.69, 9.17) is 14.6 Å². The maximum absolute atomic E-state index is 13.0. The molecule has 3 rings (SSSR count). The SMILES string of the molecule is COc1cc(CNc2ccc(C(=O)O)cc2C)c(Br)cc1OCc1ccc(F)cc1. The monoisotopic (exact) mass is 473 g/mol. The molecule has 0 spiro atoms. The zero-order valence-electron chi connectivity index (χ0n) is 16.5. The number of nitrogens with one attached hydrogen (secondary N) is 1. The molecule has 0 radical (unpaired) electrons. The van der Waals surface area contributed by atoms with Crippen molar-refractivity contribution in [3.63, 3.8) is 0 Å². The number of halogens is 2. The number of aromatic carboxylic acids is 1. The standard InChI is InChI=1S/C23H21BrFNO4/c1-14-9-16(23(27)28)5-8-20(14)26-12-17-10-21(29-2)22(11-19(17)24)30-13-15-3-6-18(25)7-4-15/h3-11,26H,12-13H2,1-2H3,(H,27,28). The topological polar surface area (TPSA) is 67.8 Å². The van der Waals surface area contributed by atoms with Crippen molar-refractivity contribution < 1.29 is 23.8 Å². The van der Waals surface area contributed by atoms with Crippen LogP contribution in [0.3, 0.4) is 0 Å². The molecule has 0 saturated heterocycles. The minimum Gasteiger partial charge on any atom is -0.493 e. The third-order valence-electron chi connectivity index (χ3n) is 4.58. The van der Waals surface area contributed by atoms with E-state index in [1.807, 2.05) is 19.1 Å². The molecule has 0 atom stereocenters. The molecule has 7 heteroatoms. The van der Waals surface area contributed by atoms with E-state index in [1.54, 1.807) is 37.4 Å². The molecule has 5 nitrogen and oxygen atoms in total. The Morgan fingerprint density at radius 2 is 1.83 bits per heavy atom. The van der Waals surface area contributed by atoms with E-state index in [9.17, 15) is 9.18 Å². The molecule has 0 fully saturated rings. The summed E-state index contributed by atoms with van der Waals surface area (Å²) in [5.41, 5.74) is 3.74. The van der Waals surface area contributed by atoms with Crippen molar-refractivity contribution in [3.8, 4) is 11.5 Å². The van der Waals surface area contributed by atoms with Crippen LogP contribution in [0.15, 0.2) is 59.1 Å². The van der Waals surface area contributed by atoms with Crippen molar-refractivity contribution in [1.82, 2.24) is 0 Å². The van der Waals surface area contributed by atoms with Gasteiger partial charge < -0.3 is 19.9 Å². The van der Waals surface area contributed by atoms with Gasteiger partial charge in [0.2, 0.25) is 0 Å². The first-order valence-electron chi connectivity index (χ1n) is 9.19. The fraction of sp³-hybridized carbons (Fsp3) is 0.174. The third-order valence-corrected chi connectivity index (χ3v) is 5.32. The Hall–Kier alpha value is -3.06. The molecular formula is C23H21BrFNO4. The van der Waals surface area contributed by atoms with Crippen LogP contribution in [-0.2, 0) is 13.2 Å². The van der Waals surface area contributed by atoms with Crippen LogP contribution < -0.4 is 14.8 Å². The molecule has 3 aromatic rings. The van der Waals surface area contributed by atoms with Crippen LogP contribution in [0.1, 0.15) is 27.0 Å². The zero-order chi connectivity index (χ0) is 21.7. The highest BCUT2D eigenvalue weighted by molar-refractivity contribution is 9.10. The first-order valence-corrected chi connectivity index (χ1v) is 9.98. The number of rotatable bonds is 8. The number of carboxylic acids is 1. The fourth-order valence-corrected chi connectivity index (χ4v) is 3.37. The lowest BCUT2D eigenvalue weighted by Crippen LogP contribution is -2.05. The van der Waals surface area contributed by atoms with E-state index < -0.39 is 5.97 Å². The Morgan fingerprint density at radius 1 is 1.10 bits per heavy atom. The van der Waals surface area contributed by atoms with Gasteiger partial charge >= 0.3 is 5.97 Å². The largest absolute Gasteiger partial charge is 0.493 e. The fourth-order valence-electron chi connectivity index (χ4n) is 2.91. The average Bonchev–Trinajstić information content (AvgIpc) is 2.73. The van der Waals surface area contributed by atoms with Crippen LogP contribution in [0, 0.1) is 12.7 Å². The molecule has 0 amide bonds. The number of ether oxygens (including phenoxy) is 2. The van der Waals surface area contributed by atoms with E-state index in [1.165, 1.54) is 12.1 Å². The summed E-state index contributed by atoms with van der Waals surface area (Å²) in [5.74, 6) is -0.0911. The molecule has 3 aromatic carbocycles. The second-order valence-corrected chi connectivity index (χ2v) is 7.55. The van der Waals surface area contributed by atoms with E-state index in [0.717, 1.165) is 26.9 Å². The van der Waals surface area contributed by atoms with E-state index >= 15 is 0 Å². The highest BCUT2D eigenvalue weighted by Gasteiger charge is 2.12. The summed E-state index contributed by atoms with van der Waals surface area (Å²) < 4.78 is 25.2. The molecule has 0 aliphatic carbocycles. The molecule has 0 heterocycles. The van der Waals surface area contributed by atoms with Crippen molar-refractivity contribution in [3.05, 3.63) is 87.1 Å². The third kappa shape index (κ3) is 5.30. The Morgan fingerprint density at radius 3 is 2.47 bits per heavy atom. The van der Waals surface area contributed by atoms with Crippen LogP contribution in [-0.4, -0.2) is 18.2 Å². The first kappa shape index (κ1) is 21.6. The van der Waals surface area contributed by atoms with Crippen LogP contribution in [0.4, 0.5) is 10.1 Å². The van der Waals surface area contributed by atoms with Crippen molar-refractivity contribution in [2.45, 2.75) is 20.1 Å². The second-order valence-electron chi connectivity index (χ2n) is 6.70. The summed E-state index contributed by atoms with van der Waals surface area (Å²) in [6.45, 7) is 2.65. The Kier molecular flexibility index (Phi) is 6.95. The summed E-state index contributed by atoms with van der Waals surface area (Å²) in [6.07, 6.45) is 0. The molecule has 0 saturated carbocycles. The maximum atomic E-state index is 13.0. The lowest BCUT2D eigenvalue weighted by atomic mass is 10.1. The lowest BCUT2D eigenvalue weighted by Gasteiger charge is -2.16. The number of hydrogen-bond donors (Lipinski definition) is 2. The van der Waals surface area contributed by atoms with E-state index in [2.05, 4.69) is 21.2 Å². The Bertz CT molecular complexity index is 1050. The molecule has 0 unspecified atom stereocenters. The summed E-state index contributed by atoms with van der Waals surface area (Å²) in [6, 6.07) is 14.8. The van der Waals surface area contributed by atoms with Crippen molar-refractivity contribution in [1.29, 1.82) is 0 Å². The van der Waals surface area contributed by atoms with Gasteiger partial charge in [-0.25, -0.2) is 9.18 Å².